The number of hydrogen-bond donors (Lipinski definition) is 1. The highest BCUT2D eigenvalue weighted by Gasteiger charge is 2.18. The van der Waals surface area contributed by atoms with Gasteiger partial charge < -0.3 is 9.73 Å². The Balaban J connectivity index is 1.67. The quantitative estimate of drug-likeness (QED) is 0.697. The van der Waals surface area contributed by atoms with E-state index in [1.165, 1.54) is 11.8 Å². The van der Waals surface area contributed by atoms with Crippen molar-refractivity contribution in [2.24, 2.45) is 0 Å². The molecule has 0 radical (unpaired) electrons. The fourth-order valence-electron chi connectivity index (χ4n) is 2.00. The van der Waals surface area contributed by atoms with Crippen molar-refractivity contribution in [1.29, 1.82) is 5.26 Å². The third-order valence-corrected chi connectivity index (χ3v) is 4.44. The Hall–Kier alpha value is -2.49. The summed E-state index contributed by atoms with van der Waals surface area (Å²) in [5.41, 5.74) is 2.46. The summed E-state index contributed by atoms with van der Waals surface area (Å²) in [6.45, 7) is 1.77. The molecule has 0 saturated carbocycles. The molecule has 1 N–H and O–H groups in total. The number of nitrogens with one attached hydrogen (secondary N) is 1. The average Bonchev–Trinajstić information content (AvgIpc) is 2.96. The number of nitrogens with zero attached hydrogens (tertiary/aromatic N) is 2. The highest BCUT2D eigenvalue weighted by atomic mass is 35.5. The van der Waals surface area contributed by atoms with Gasteiger partial charge in [-0.15, -0.1) is 0 Å². The van der Waals surface area contributed by atoms with Crippen molar-refractivity contribution in [3.05, 3.63) is 53.1 Å². The van der Waals surface area contributed by atoms with E-state index in [0.29, 0.717) is 32.6 Å². The molecule has 120 valence electrons. The van der Waals surface area contributed by atoms with E-state index in [9.17, 15) is 4.79 Å². The number of carbonyl (C=O) groups is 1. The maximum absolute atomic E-state index is 12.3. The van der Waals surface area contributed by atoms with E-state index < -0.39 is 5.25 Å². The average molecular weight is 358 g/mol. The van der Waals surface area contributed by atoms with E-state index in [2.05, 4.69) is 10.3 Å². The summed E-state index contributed by atoms with van der Waals surface area (Å²) in [6, 6.07) is 13.9. The highest BCUT2D eigenvalue weighted by molar-refractivity contribution is 8.00. The number of benzene rings is 2. The fraction of sp³-hybridized carbons (Fsp3) is 0.118. The van der Waals surface area contributed by atoms with Crippen LogP contribution in [0.4, 0.5) is 5.69 Å². The second kappa shape index (κ2) is 6.95. The number of hydrogen-bond acceptors (Lipinski definition) is 5. The molecule has 1 amide bonds. The van der Waals surface area contributed by atoms with Crippen molar-refractivity contribution in [1.82, 2.24) is 4.98 Å². The second-order valence-corrected chi connectivity index (χ2v) is 6.76. The minimum absolute atomic E-state index is 0.176. The van der Waals surface area contributed by atoms with Gasteiger partial charge in [0.2, 0.25) is 5.91 Å². The molecule has 1 heterocycles. The van der Waals surface area contributed by atoms with Gasteiger partial charge in [-0.2, -0.15) is 5.26 Å². The molecule has 1 aromatic heterocycles. The summed E-state index contributed by atoms with van der Waals surface area (Å²) in [6.07, 6.45) is 0. The van der Waals surface area contributed by atoms with Gasteiger partial charge in [-0.25, -0.2) is 4.98 Å². The fourth-order valence-corrected chi connectivity index (χ4v) is 2.92. The Morgan fingerprint density at radius 2 is 2.08 bits per heavy atom. The first-order valence-corrected chi connectivity index (χ1v) is 8.35. The summed E-state index contributed by atoms with van der Waals surface area (Å²) in [5.74, 6) is -0.176. The predicted octanol–water partition coefficient (Wildman–Crippen LogP) is 4.47. The molecule has 0 saturated heterocycles. The Labute approximate surface area is 147 Å². The molecule has 24 heavy (non-hydrogen) atoms. The SMILES string of the molecule is C[C@H](Sc1nc2ccc(Cl)cc2o1)C(=O)Nc1ccc(C#N)cc1. The van der Waals surface area contributed by atoms with Crippen LogP contribution in [0.1, 0.15) is 12.5 Å². The van der Waals surface area contributed by atoms with Crippen LogP contribution in [0.25, 0.3) is 11.1 Å². The van der Waals surface area contributed by atoms with Gasteiger partial charge in [0, 0.05) is 16.8 Å². The number of anilines is 1. The maximum Gasteiger partial charge on any atom is 0.257 e. The molecule has 5 nitrogen and oxygen atoms in total. The number of nitriles is 1. The van der Waals surface area contributed by atoms with Gasteiger partial charge in [-0.1, -0.05) is 23.4 Å². The molecule has 0 aliphatic carbocycles. The van der Waals surface area contributed by atoms with Crippen LogP contribution in [-0.4, -0.2) is 16.1 Å². The number of aromatic nitrogens is 1. The molecule has 0 bridgehead atoms. The van der Waals surface area contributed by atoms with Gasteiger partial charge >= 0.3 is 0 Å². The normalized spacial score (nSPS) is 11.9. The monoisotopic (exact) mass is 357 g/mol. The Kier molecular flexibility index (Phi) is 4.74. The van der Waals surface area contributed by atoms with Crippen LogP contribution in [0.15, 0.2) is 52.1 Å². The number of carbonyl (C=O) groups excluding carboxylic acids is 1. The van der Waals surface area contributed by atoms with E-state index in [4.69, 9.17) is 21.3 Å². The molecule has 0 unspecified atom stereocenters. The number of fused-ring (bicyclic) bond motifs is 1. The number of thioether (sulfide) groups is 1. The Bertz CT molecular complexity index is 931. The predicted molar refractivity (Wildman–Crippen MR) is 94.1 cm³/mol. The molecular weight excluding hydrogens is 346 g/mol. The molecule has 0 aliphatic rings. The number of oxazole rings is 1. The molecule has 0 spiro atoms. The first-order chi connectivity index (χ1) is 11.5. The minimum atomic E-state index is -0.399. The topological polar surface area (TPSA) is 78.9 Å². The van der Waals surface area contributed by atoms with Gasteiger partial charge in [0.15, 0.2) is 5.58 Å². The molecule has 7 heteroatoms. The summed E-state index contributed by atoms with van der Waals surface area (Å²) >= 11 is 7.14. The van der Waals surface area contributed by atoms with Gasteiger partial charge in [0.1, 0.15) is 5.52 Å². The van der Waals surface area contributed by atoms with Crippen LogP contribution >= 0.6 is 23.4 Å². The van der Waals surface area contributed by atoms with Crippen LogP contribution in [0, 0.1) is 11.3 Å². The van der Waals surface area contributed by atoms with E-state index in [1.54, 1.807) is 49.4 Å². The number of rotatable bonds is 4. The third-order valence-electron chi connectivity index (χ3n) is 3.26. The molecule has 3 aromatic rings. The summed E-state index contributed by atoms with van der Waals surface area (Å²) in [4.78, 5) is 16.6. The first-order valence-electron chi connectivity index (χ1n) is 7.09. The second-order valence-electron chi connectivity index (χ2n) is 5.03. The van der Waals surface area contributed by atoms with Crippen molar-refractivity contribution < 1.29 is 9.21 Å². The van der Waals surface area contributed by atoms with Gasteiger partial charge in [0.05, 0.1) is 16.9 Å². The maximum atomic E-state index is 12.3. The van der Waals surface area contributed by atoms with Crippen LogP contribution in [0.2, 0.25) is 5.02 Å². The largest absolute Gasteiger partial charge is 0.431 e. The van der Waals surface area contributed by atoms with Crippen LogP contribution in [0.3, 0.4) is 0 Å². The zero-order valence-electron chi connectivity index (χ0n) is 12.6. The van der Waals surface area contributed by atoms with Gasteiger partial charge in [0.25, 0.3) is 5.22 Å². The van der Waals surface area contributed by atoms with Crippen LogP contribution in [0.5, 0.6) is 0 Å². The lowest BCUT2D eigenvalue weighted by Crippen LogP contribution is -2.22. The van der Waals surface area contributed by atoms with Crippen LogP contribution < -0.4 is 5.32 Å². The van der Waals surface area contributed by atoms with Crippen molar-refractivity contribution >= 4 is 46.1 Å². The van der Waals surface area contributed by atoms with E-state index in [1.807, 2.05) is 6.07 Å². The molecule has 1 atom stereocenters. The van der Waals surface area contributed by atoms with Gasteiger partial charge in [-0.3, -0.25) is 4.79 Å². The smallest absolute Gasteiger partial charge is 0.257 e. The zero-order valence-corrected chi connectivity index (χ0v) is 14.2. The Morgan fingerprint density at radius 1 is 1.33 bits per heavy atom. The standard InChI is InChI=1S/C17H12ClN3O2S/c1-10(16(22)20-13-5-2-11(9-19)3-6-13)24-17-21-14-7-4-12(18)8-15(14)23-17/h2-8,10H,1H3,(H,20,22)/t10-/m0/s1. The number of halogens is 1. The lowest BCUT2D eigenvalue weighted by Gasteiger charge is -2.09. The molecule has 0 aliphatic heterocycles. The number of amides is 1. The zero-order chi connectivity index (χ0) is 17.1. The summed E-state index contributed by atoms with van der Waals surface area (Å²) in [7, 11) is 0. The lowest BCUT2D eigenvalue weighted by atomic mass is 10.2. The van der Waals surface area contributed by atoms with Crippen molar-refractivity contribution in [3.63, 3.8) is 0 Å². The highest BCUT2D eigenvalue weighted by Crippen LogP contribution is 2.28. The van der Waals surface area contributed by atoms with Crippen molar-refractivity contribution in [2.75, 3.05) is 5.32 Å². The molecule has 0 fully saturated rings. The van der Waals surface area contributed by atoms with E-state index in [-0.39, 0.29) is 5.91 Å². The van der Waals surface area contributed by atoms with Crippen LogP contribution in [-0.2, 0) is 4.79 Å². The molecule has 2 aromatic carbocycles. The van der Waals surface area contributed by atoms with Crippen molar-refractivity contribution in [3.8, 4) is 6.07 Å². The molecule has 3 rings (SSSR count). The minimum Gasteiger partial charge on any atom is -0.431 e. The summed E-state index contributed by atoms with van der Waals surface area (Å²) < 4.78 is 5.60. The first kappa shape index (κ1) is 16.4. The molecular formula is C17H12ClN3O2S. The van der Waals surface area contributed by atoms with Gasteiger partial charge in [-0.05, 0) is 43.3 Å². The van der Waals surface area contributed by atoms with E-state index in [0.717, 1.165) is 0 Å². The third kappa shape index (κ3) is 3.70. The van der Waals surface area contributed by atoms with E-state index >= 15 is 0 Å². The Morgan fingerprint density at radius 3 is 2.79 bits per heavy atom. The van der Waals surface area contributed by atoms with Crippen molar-refractivity contribution in [2.45, 2.75) is 17.4 Å². The summed E-state index contributed by atoms with van der Waals surface area (Å²) in [5, 5.41) is 12.2. The lowest BCUT2D eigenvalue weighted by molar-refractivity contribution is -0.115.